The summed E-state index contributed by atoms with van der Waals surface area (Å²) < 4.78 is 39.9. The van der Waals surface area contributed by atoms with E-state index in [0.29, 0.717) is 0 Å². The van der Waals surface area contributed by atoms with Crippen LogP contribution < -0.4 is 4.74 Å². The Morgan fingerprint density at radius 2 is 1.95 bits per heavy atom. The Bertz CT molecular complexity index is 513. The number of hydrogen-bond donors (Lipinski definition) is 1. The predicted octanol–water partition coefficient (Wildman–Crippen LogP) is 3.31. The van der Waals surface area contributed by atoms with Crippen molar-refractivity contribution in [1.29, 1.82) is 0 Å². The molecule has 0 spiro atoms. The third-order valence-corrected chi connectivity index (χ3v) is 3.25. The molecule has 1 unspecified atom stereocenters. The standard InChI is InChI=1S/C11H8BrF3O4/c1-5(16)9(12)8-4-6(19-11(13,14)15)2-3-7(8)10(17)18/h2-4,9H,1H3,(H,17,18). The Morgan fingerprint density at radius 1 is 1.37 bits per heavy atom. The van der Waals surface area contributed by atoms with E-state index in [1.165, 1.54) is 6.92 Å². The number of benzene rings is 1. The second kappa shape index (κ2) is 5.60. The SMILES string of the molecule is CC(=O)C(Br)c1cc(OC(F)(F)F)ccc1C(=O)O. The minimum Gasteiger partial charge on any atom is -0.478 e. The first-order valence-electron chi connectivity index (χ1n) is 4.89. The van der Waals surface area contributed by atoms with Gasteiger partial charge in [0.1, 0.15) is 11.5 Å². The summed E-state index contributed by atoms with van der Waals surface area (Å²) in [4.78, 5) is 21.1. The van der Waals surface area contributed by atoms with Gasteiger partial charge in [0.2, 0.25) is 0 Å². The lowest BCUT2D eigenvalue weighted by molar-refractivity contribution is -0.274. The third-order valence-electron chi connectivity index (χ3n) is 2.12. The number of rotatable bonds is 4. The average Bonchev–Trinajstić information content (AvgIpc) is 2.25. The van der Waals surface area contributed by atoms with E-state index in [1.54, 1.807) is 0 Å². The average molecular weight is 341 g/mol. The summed E-state index contributed by atoms with van der Waals surface area (Å²) in [6.07, 6.45) is -4.89. The summed E-state index contributed by atoms with van der Waals surface area (Å²) in [5.41, 5.74) is -0.367. The van der Waals surface area contributed by atoms with Gasteiger partial charge < -0.3 is 9.84 Å². The maximum atomic E-state index is 12.1. The molecule has 0 fully saturated rings. The molecule has 0 saturated heterocycles. The van der Waals surface area contributed by atoms with Crippen molar-refractivity contribution >= 4 is 27.7 Å². The highest BCUT2D eigenvalue weighted by Crippen LogP contribution is 2.32. The van der Waals surface area contributed by atoms with Crippen LogP contribution in [0.4, 0.5) is 13.2 Å². The van der Waals surface area contributed by atoms with Crippen LogP contribution in [0.15, 0.2) is 18.2 Å². The lowest BCUT2D eigenvalue weighted by atomic mass is 10.0. The molecule has 4 nitrogen and oxygen atoms in total. The molecule has 0 aromatic heterocycles. The van der Waals surface area contributed by atoms with Crippen molar-refractivity contribution in [3.05, 3.63) is 29.3 Å². The summed E-state index contributed by atoms with van der Waals surface area (Å²) in [5, 5.41) is 8.92. The molecule has 0 radical (unpaired) electrons. The number of ketones is 1. The fourth-order valence-corrected chi connectivity index (χ4v) is 1.74. The molecule has 0 bridgehead atoms. The summed E-state index contributed by atoms with van der Waals surface area (Å²) in [5.74, 6) is -2.37. The number of carboxylic acids is 1. The number of carbonyl (C=O) groups excluding carboxylic acids is 1. The minimum atomic E-state index is -4.89. The van der Waals surface area contributed by atoms with Crippen molar-refractivity contribution in [3.8, 4) is 5.75 Å². The number of Topliss-reactive ketones (excluding diaryl/α,β-unsaturated/α-hetero) is 1. The molecule has 1 aromatic carbocycles. The number of ether oxygens (including phenoxy) is 1. The Hall–Kier alpha value is -1.57. The van der Waals surface area contributed by atoms with Crippen molar-refractivity contribution < 1.29 is 32.6 Å². The monoisotopic (exact) mass is 340 g/mol. The molecule has 0 amide bonds. The third kappa shape index (κ3) is 4.23. The van der Waals surface area contributed by atoms with Crippen LogP contribution in [0.3, 0.4) is 0 Å². The van der Waals surface area contributed by atoms with Gasteiger partial charge in [-0.05, 0) is 30.7 Å². The fourth-order valence-electron chi connectivity index (χ4n) is 1.36. The molecule has 1 rings (SSSR count). The molecular formula is C11H8BrF3O4. The van der Waals surface area contributed by atoms with Gasteiger partial charge in [-0.1, -0.05) is 15.9 Å². The summed E-state index contributed by atoms with van der Waals surface area (Å²) in [6.45, 7) is 1.18. The van der Waals surface area contributed by atoms with Crippen LogP contribution in [0.5, 0.6) is 5.75 Å². The van der Waals surface area contributed by atoms with Crippen LogP contribution in [-0.4, -0.2) is 23.2 Å². The second-order valence-corrected chi connectivity index (χ2v) is 4.49. The van der Waals surface area contributed by atoms with Gasteiger partial charge in [0, 0.05) is 0 Å². The highest BCUT2D eigenvalue weighted by atomic mass is 79.9. The quantitative estimate of drug-likeness (QED) is 0.854. The van der Waals surface area contributed by atoms with E-state index >= 15 is 0 Å². The lowest BCUT2D eigenvalue weighted by Crippen LogP contribution is -2.18. The van der Waals surface area contributed by atoms with Crippen LogP contribution in [0, 0.1) is 0 Å². The summed E-state index contributed by atoms with van der Waals surface area (Å²) in [7, 11) is 0. The molecule has 8 heteroatoms. The zero-order valence-electron chi connectivity index (χ0n) is 9.49. The van der Waals surface area contributed by atoms with Crippen molar-refractivity contribution in [3.63, 3.8) is 0 Å². The molecule has 104 valence electrons. The largest absolute Gasteiger partial charge is 0.573 e. The summed E-state index contributed by atoms with van der Waals surface area (Å²) >= 11 is 2.93. The normalized spacial score (nSPS) is 12.9. The van der Waals surface area contributed by atoms with Gasteiger partial charge in [-0.25, -0.2) is 4.79 Å². The first-order valence-corrected chi connectivity index (χ1v) is 5.81. The number of hydrogen-bond acceptors (Lipinski definition) is 3. The first kappa shape index (κ1) is 15.5. The van der Waals surface area contributed by atoms with Crippen LogP contribution in [0.2, 0.25) is 0 Å². The highest BCUT2D eigenvalue weighted by Gasteiger charge is 2.32. The Balaban J connectivity index is 3.26. The topological polar surface area (TPSA) is 63.6 Å². The van der Waals surface area contributed by atoms with Crippen LogP contribution >= 0.6 is 15.9 Å². The number of carboxylic acid groups (broad SMARTS) is 1. The van der Waals surface area contributed by atoms with Crippen molar-refractivity contribution in [2.75, 3.05) is 0 Å². The van der Waals surface area contributed by atoms with Gasteiger partial charge in [-0.2, -0.15) is 0 Å². The number of alkyl halides is 4. The van der Waals surface area contributed by atoms with Crippen molar-refractivity contribution in [2.24, 2.45) is 0 Å². The number of aromatic carboxylic acids is 1. The van der Waals surface area contributed by atoms with Gasteiger partial charge >= 0.3 is 12.3 Å². The second-order valence-electron chi connectivity index (χ2n) is 3.58. The van der Waals surface area contributed by atoms with Gasteiger partial charge in [0.15, 0.2) is 0 Å². The van der Waals surface area contributed by atoms with Gasteiger partial charge in [-0.3, -0.25) is 4.79 Å². The highest BCUT2D eigenvalue weighted by molar-refractivity contribution is 9.09. The van der Waals surface area contributed by atoms with E-state index in [0.717, 1.165) is 18.2 Å². The predicted molar refractivity (Wildman–Crippen MR) is 62.4 cm³/mol. The zero-order chi connectivity index (χ0) is 14.8. The molecule has 0 heterocycles. The Morgan fingerprint density at radius 3 is 2.37 bits per heavy atom. The van der Waals surface area contributed by atoms with Crippen molar-refractivity contribution in [1.82, 2.24) is 0 Å². The molecule has 1 atom stereocenters. The molecule has 0 saturated carbocycles. The first-order chi connectivity index (χ1) is 8.61. The Labute approximate surface area is 114 Å². The van der Waals surface area contributed by atoms with E-state index in [2.05, 4.69) is 20.7 Å². The molecule has 0 aliphatic heterocycles. The van der Waals surface area contributed by atoms with Crippen LogP contribution in [0.25, 0.3) is 0 Å². The van der Waals surface area contributed by atoms with E-state index in [9.17, 15) is 22.8 Å². The van der Waals surface area contributed by atoms with E-state index in [1.807, 2.05) is 0 Å². The van der Waals surface area contributed by atoms with E-state index in [-0.39, 0.29) is 11.1 Å². The van der Waals surface area contributed by atoms with Crippen LogP contribution in [0.1, 0.15) is 27.7 Å². The zero-order valence-corrected chi connectivity index (χ0v) is 11.1. The van der Waals surface area contributed by atoms with E-state index < -0.39 is 28.7 Å². The number of halogens is 4. The molecule has 19 heavy (non-hydrogen) atoms. The maximum absolute atomic E-state index is 12.1. The van der Waals surface area contributed by atoms with Crippen LogP contribution in [-0.2, 0) is 4.79 Å². The molecule has 0 aliphatic carbocycles. The van der Waals surface area contributed by atoms with Crippen molar-refractivity contribution in [2.45, 2.75) is 18.1 Å². The molecular weight excluding hydrogens is 333 g/mol. The maximum Gasteiger partial charge on any atom is 0.573 e. The van der Waals surface area contributed by atoms with Gasteiger partial charge in [0.05, 0.1) is 10.4 Å². The molecule has 1 aromatic rings. The Kier molecular flexibility index (Phi) is 4.56. The smallest absolute Gasteiger partial charge is 0.478 e. The molecule has 0 aliphatic rings. The fraction of sp³-hybridized carbons (Fsp3) is 0.273. The summed E-state index contributed by atoms with van der Waals surface area (Å²) in [6, 6.07) is 2.70. The van der Waals surface area contributed by atoms with Gasteiger partial charge in [0.25, 0.3) is 0 Å². The number of carbonyl (C=O) groups is 2. The molecule has 1 N–H and O–H groups in total. The lowest BCUT2D eigenvalue weighted by Gasteiger charge is -2.14. The van der Waals surface area contributed by atoms with E-state index in [4.69, 9.17) is 5.11 Å². The van der Waals surface area contributed by atoms with Gasteiger partial charge in [-0.15, -0.1) is 13.2 Å². The minimum absolute atomic E-state index is 0.0956.